The molecule has 2 aliphatic heterocycles. The van der Waals surface area contributed by atoms with Gasteiger partial charge in [-0.2, -0.15) is 5.26 Å². The number of aromatic nitrogens is 4. The van der Waals surface area contributed by atoms with Crippen molar-refractivity contribution in [2.24, 2.45) is 0 Å². The highest BCUT2D eigenvalue weighted by molar-refractivity contribution is 5.67. The molecule has 2 saturated heterocycles. The maximum absolute atomic E-state index is 13.6. The molecule has 5 rings (SSSR count). The van der Waals surface area contributed by atoms with Crippen LogP contribution >= 0.6 is 0 Å². The van der Waals surface area contributed by atoms with Gasteiger partial charge in [-0.25, -0.2) is 19.3 Å². The third kappa shape index (κ3) is 5.70. The lowest BCUT2D eigenvalue weighted by Crippen LogP contribution is -2.26. The van der Waals surface area contributed by atoms with Crippen molar-refractivity contribution in [3.63, 3.8) is 0 Å². The highest BCUT2D eigenvalue weighted by Crippen LogP contribution is 2.27. The monoisotopic (exact) mass is 474 g/mol. The molecule has 1 N–H and O–H groups in total. The van der Waals surface area contributed by atoms with Gasteiger partial charge in [-0.05, 0) is 37.1 Å². The van der Waals surface area contributed by atoms with E-state index in [0.29, 0.717) is 41.6 Å². The lowest BCUT2D eigenvalue weighted by atomic mass is 10.1. The zero-order valence-corrected chi connectivity index (χ0v) is 19.4. The fourth-order valence-corrected chi connectivity index (χ4v) is 4.33. The van der Waals surface area contributed by atoms with E-state index in [2.05, 4.69) is 36.2 Å². The summed E-state index contributed by atoms with van der Waals surface area (Å²) in [6.07, 6.45) is 5.71. The van der Waals surface area contributed by atoms with Crippen molar-refractivity contribution >= 4 is 17.5 Å². The molecule has 2 aliphatic rings. The Kier molecular flexibility index (Phi) is 7.07. The van der Waals surface area contributed by atoms with Crippen LogP contribution < -0.4 is 10.2 Å². The molecule has 9 nitrogen and oxygen atoms in total. The van der Waals surface area contributed by atoms with Gasteiger partial charge in [-0.15, -0.1) is 0 Å². The summed E-state index contributed by atoms with van der Waals surface area (Å²) in [6, 6.07) is 9.66. The largest absolute Gasteiger partial charge is 0.380 e. The summed E-state index contributed by atoms with van der Waals surface area (Å²) in [4.78, 5) is 22.1. The highest BCUT2D eigenvalue weighted by atomic mass is 19.1. The second kappa shape index (κ2) is 10.7. The second-order valence-electron chi connectivity index (χ2n) is 8.71. The van der Waals surface area contributed by atoms with Crippen LogP contribution in [0.3, 0.4) is 0 Å². The Morgan fingerprint density at radius 1 is 1.11 bits per heavy atom. The molecule has 0 spiro atoms. The first-order chi connectivity index (χ1) is 17.2. The number of anilines is 3. The first kappa shape index (κ1) is 23.1. The third-order valence-electron chi connectivity index (χ3n) is 6.15. The van der Waals surface area contributed by atoms with Crippen molar-refractivity contribution in [3.05, 3.63) is 54.1 Å². The molecular formula is C25H27FN8O. The smallest absolute Gasteiger partial charge is 0.227 e. The Balaban J connectivity index is 1.27. The molecule has 0 unspecified atom stereocenters. The highest BCUT2D eigenvalue weighted by Gasteiger charge is 2.25. The molecule has 1 atom stereocenters. The molecule has 3 aromatic heterocycles. The first-order valence-electron chi connectivity index (χ1n) is 11.8. The summed E-state index contributed by atoms with van der Waals surface area (Å²) < 4.78 is 19.1. The van der Waals surface area contributed by atoms with Gasteiger partial charge in [-0.1, -0.05) is 0 Å². The van der Waals surface area contributed by atoms with E-state index in [9.17, 15) is 9.65 Å². The maximum atomic E-state index is 13.6. The molecule has 0 bridgehead atoms. The maximum Gasteiger partial charge on any atom is 0.227 e. The van der Waals surface area contributed by atoms with Crippen LogP contribution in [0.15, 0.2) is 42.9 Å². The van der Waals surface area contributed by atoms with E-state index in [0.717, 1.165) is 50.7 Å². The lowest BCUT2D eigenvalue weighted by Gasteiger charge is -2.18. The van der Waals surface area contributed by atoms with Gasteiger partial charge in [0.15, 0.2) is 0 Å². The summed E-state index contributed by atoms with van der Waals surface area (Å²) in [5.74, 6) is 0.937. The van der Waals surface area contributed by atoms with Gasteiger partial charge in [0.1, 0.15) is 18.1 Å². The zero-order valence-electron chi connectivity index (χ0n) is 19.4. The van der Waals surface area contributed by atoms with E-state index in [1.54, 1.807) is 30.7 Å². The minimum Gasteiger partial charge on any atom is -0.380 e. The van der Waals surface area contributed by atoms with Crippen molar-refractivity contribution in [2.75, 3.05) is 49.6 Å². The number of pyridine rings is 2. The van der Waals surface area contributed by atoms with Crippen molar-refractivity contribution < 1.29 is 9.13 Å². The predicted octanol–water partition coefficient (Wildman–Crippen LogP) is 3.32. The minimum absolute atomic E-state index is 0.266. The number of alkyl halides is 1. The van der Waals surface area contributed by atoms with E-state index in [1.807, 2.05) is 17.0 Å². The van der Waals surface area contributed by atoms with Crippen molar-refractivity contribution in [1.82, 2.24) is 24.8 Å². The van der Waals surface area contributed by atoms with E-state index in [4.69, 9.17) is 4.74 Å². The fourth-order valence-electron chi connectivity index (χ4n) is 4.33. The van der Waals surface area contributed by atoms with Crippen molar-refractivity contribution in [3.8, 4) is 17.3 Å². The number of rotatable bonds is 6. The van der Waals surface area contributed by atoms with Gasteiger partial charge < -0.3 is 15.0 Å². The van der Waals surface area contributed by atoms with E-state index < -0.39 is 6.17 Å². The van der Waals surface area contributed by atoms with E-state index in [-0.39, 0.29) is 6.54 Å². The number of nitriles is 1. The van der Waals surface area contributed by atoms with Crippen LogP contribution in [-0.2, 0) is 11.3 Å². The lowest BCUT2D eigenvalue weighted by molar-refractivity contribution is 0.140. The Labute approximate surface area is 203 Å². The molecule has 5 heterocycles. The van der Waals surface area contributed by atoms with Crippen LogP contribution in [0.5, 0.6) is 0 Å². The van der Waals surface area contributed by atoms with Crippen LogP contribution in [0, 0.1) is 11.3 Å². The van der Waals surface area contributed by atoms with Gasteiger partial charge in [0, 0.05) is 50.7 Å². The molecule has 0 aromatic carbocycles. The summed E-state index contributed by atoms with van der Waals surface area (Å²) in [5, 5.41) is 12.8. The van der Waals surface area contributed by atoms with Crippen LogP contribution in [0.4, 0.5) is 21.8 Å². The summed E-state index contributed by atoms with van der Waals surface area (Å²) >= 11 is 0. The summed E-state index contributed by atoms with van der Waals surface area (Å²) in [7, 11) is 0. The van der Waals surface area contributed by atoms with Crippen LogP contribution in [0.1, 0.15) is 24.1 Å². The predicted molar refractivity (Wildman–Crippen MR) is 130 cm³/mol. The number of halogens is 1. The molecule has 0 radical (unpaired) electrons. The van der Waals surface area contributed by atoms with Crippen molar-refractivity contribution in [2.45, 2.75) is 25.6 Å². The molecule has 0 saturated carbocycles. The molecular weight excluding hydrogens is 447 g/mol. The van der Waals surface area contributed by atoms with Gasteiger partial charge in [-0.3, -0.25) is 9.88 Å². The number of nitrogens with zero attached hydrogens (tertiary/aromatic N) is 7. The number of ether oxygens (including phenoxy) is 1. The fraction of sp³-hybridized carbons (Fsp3) is 0.400. The van der Waals surface area contributed by atoms with E-state index >= 15 is 0 Å². The number of hydrogen-bond donors (Lipinski definition) is 1. The average molecular weight is 475 g/mol. The van der Waals surface area contributed by atoms with Gasteiger partial charge in [0.25, 0.3) is 0 Å². The van der Waals surface area contributed by atoms with Crippen LogP contribution in [-0.4, -0.2) is 70.4 Å². The number of nitrogens with one attached hydrogen (secondary N) is 1. The Morgan fingerprint density at radius 2 is 2.06 bits per heavy atom. The van der Waals surface area contributed by atoms with Gasteiger partial charge in [0.05, 0.1) is 42.0 Å². The Bertz CT molecular complexity index is 1190. The summed E-state index contributed by atoms with van der Waals surface area (Å²) in [6.45, 7) is 5.13. The molecule has 35 heavy (non-hydrogen) atoms. The standard InChI is InChI=1S/C25H27FN8O/c26-20-5-8-34(16-20)24-18(13-27)12-19(14-30-24)23-4-6-28-25(32-23)31-21-2-3-22(29-15-21)17-33-7-1-10-35-11-9-33/h2-4,6,12,14-15,20H,1,5,7-11,16-17H2,(H,28,31,32)/t20-/m0/s1. The molecule has 10 heteroatoms. The Hall–Kier alpha value is -3.68. The molecule has 0 amide bonds. The molecule has 0 aliphatic carbocycles. The average Bonchev–Trinajstić information content (AvgIpc) is 3.15. The second-order valence-corrected chi connectivity index (χ2v) is 8.71. The quantitative estimate of drug-likeness (QED) is 0.576. The minimum atomic E-state index is -0.883. The number of hydrogen-bond acceptors (Lipinski definition) is 9. The molecule has 2 fully saturated rings. The van der Waals surface area contributed by atoms with Gasteiger partial charge in [0.2, 0.25) is 5.95 Å². The summed E-state index contributed by atoms with van der Waals surface area (Å²) in [5.41, 5.74) is 3.52. The zero-order chi connectivity index (χ0) is 24.0. The first-order valence-corrected chi connectivity index (χ1v) is 11.8. The third-order valence-corrected chi connectivity index (χ3v) is 6.15. The van der Waals surface area contributed by atoms with Crippen LogP contribution in [0.25, 0.3) is 11.3 Å². The topological polar surface area (TPSA) is 103 Å². The van der Waals surface area contributed by atoms with Crippen LogP contribution in [0.2, 0.25) is 0 Å². The normalized spacial score (nSPS) is 18.7. The van der Waals surface area contributed by atoms with Crippen molar-refractivity contribution in [1.29, 1.82) is 5.26 Å². The van der Waals surface area contributed by atoms with E-state index in [1.165, 1.54) is 0 Å². The van der Waals surface area contributed by atoms with Gasteiger partial charge >= 0.3 is 0 Å². The SMILES string of the molecule is N#Cc1cc(-c2ccnc(Nc3ccc(CN4CCCOCC4)nc3)n2)cnc1N1CC[C@H](F)C1. The molecule has 180 valence electrons. The Morgan fingerprint density at radius 3 is 2.86 bits per heavy atom. The molecule has 3 aromatic rings.